The number of carbonyl (C=O) groups is 1. The van der Waals surface area contributed by atoms with E-state index in [1.54, 1.807) is 26.8 Å². The zero-order valence-corrected chi connectivity index (χ0v) is 8.70. The maximum atomic E-state index is 11.2. The molecule has 15 heavy (non-hydrogen) atoms. The molecule has 1 rings (SSSR count). The van der Waals surface area contributed by atoms with Crippen molar-refractivity contribution in [3.05, 3.63) is 12.0 Å². The van der Waals surface area contributed by atoms with Crippen LogP contribution in [0.1, 0.15) is 26.5 Å². The Balaban J connectivity index is 2.56. The Labute approximate surface area is 86.9 Å². The third-order valence-corrected chi connectivity index (χ3v) is 1.23. The van der Waals surface area contributed by atoms with Gasteiger partial charge in [0, 0.05) is 0 Å². The summed E-state index contributed by atoms with van der Waals surface area (Å²) in [6, 6.07) is 1.72. The fourth-order valence-corrected chi connectivity index (χ4v) is 0.773. The molecule has 0 aliphatic heterocycles. The van der Waals surface area contributed by atoms with Crippen LogP contribution >= 0.6 is 0 Å². The predicted molar refractivity (Wildman–Crippen MR) is 51.1 cm³/mol. The van der Waals surface area contributed by atoms with Gasteiger partial charge in [-0.05, 0) is 20.8 Å². The minimum absolute atomic E-state index is 0.0548. The van der Waals surface area contributed by atoms with E-state index in [0.717, 1.165) is 6.26 Å². The van der Waals surface area contributed by atoms with Gasteiger partial charge in [0.15, 0.2) is 5.69 Å². The molecule has 0 fully saturated rings. The molecule has 0 radical (unpaired) electrons. The lowest BCUT2D eigenvalue weighted by Crippen LogP contribution is -2.27. The Morgan fingerprint density at radius 3 is 2.80 bits per heavy atom. The first-order chi connectivity index (χ1) is 6.90. The van der Waals surface area contributed by atoms with Crippen molar-refractivity contribution >= 4 is 12.1 Å². The Hall–Kier alpha value is -2.03. The number of oxazole rings is 1. The molecule has 1 heterocycles. The number of hydrogen-bond acceptors (Lipinski definition) is 5. The Morgan fingerprint density at radius 2 is 2.33 bits per heavy atom. The first-order valence-electron chi connectivity index (χ1n) is 4.26. The summed E-state index contributed by atoms with van der Waals surface area (Å²) in [5.41, 5.74) is -0.490. The van der Waals surface area contributed by atoms with E-state index in [1.807, 2.05) is 0 Å². The highest BCUT2D eigenvalue weighted by molar-refractivity contribution is 5.82. The second-order valence-corrected chi connectivity index (χ2v) is 3.78. The minimum Gasteiger partial charge on any atom is -0.443 e. The molecule has 1 aromatic heterocycles. The fourth-order valence-electron chi connectivity index (χ4n) is 0.773. The van der Waals surface area contributed by atoms with Crippen molar-refractivity contribution in [3.8, 4) is 6.07 Å². The lowest BCUT2D eigenvalue weighted by Gasteiger charge is -2.18. The van der Waals surface area contributed by atoms with Crippen molar-refractivity contribution in [2.75, 3.05) is 5.32 Å². The summed E-state index contributed by atoms with van der Waals surface area (Å²) in [5, 5.41) is 10.7. The third kappa shape index (κ3) is 3.68. The van der Waals surface area contributed by atoms with Gasteiger partial charge >= 0.3 is 12.1 Å². The number of nitrogens with one attached hydrogen (secondary N) is 1. The summed E-state index contributed by atoms with van der Waals surface area (Å²) < 4.78 is 9.75. The summed E-state index contributed by atoms with van der Waals surface area (Å²) in [7, 11) is 0. The quantitative estimate of drug-likeness (QED) is 0.762. The predicted octanol–water partition coefficient (Wildman–Crippen LogP) is 1.89. The first kappa shape index (κ1) is 11.0. The summed E-state index contributed by atoms with van der Waals surface area (Å²) in [4.78, 5) is 14.9. The van der Waals surface area contributed by atoms with Gasteiger partial charge in [0.2, 0.25) is 0 Å². The lowest BCUT2D eigenvalue weighted by atomic mass is 10.2. The van der Waals surface area contributed by atoms with Gasteiger partial charge in [-0.3, -0.25) is 0 Å². The van der Waals surface area contributed by atoms with Crippen LogP contribution < -0.4 is 5.32 Å². The van der Waals surface area contributed by atoms with Gasteiger partial charge in [0.05, 0.1) is 0 Å². The van der Waals surface area contributed by atoms with Gasteiger partial charge in [-0.1, -0.05) is 0 Å². The smallest absolute Gasteiger partial charge is 0.415 e. The highest BCUT2D eigenvalue weighted by atomic mass is 16.6. The van der Waals surface area contributed by atoms with Gasteiger partial charge in [0.1, 0.15) is 17.9 Å². The van der Waals surface area contributed by atoms with Gasteiger partial charge < -0.3 is 9.15 Å². The van der Waals surface area contributed by atoms with Gasteiger partial charge in [-0.15, -0.1) is 0 Å². The van der Waals surface area contributed by atoms with Crippen LogP contribution in [0, 0.1) is 11.3 Å². The topological polar surface area (TPSA) is 88.1 Å². The van der Waals surface area contributed by atoms with Crippen molar-refractivity contribution in [1.82, 2.24) is 4.98 Å². The molecule has 0 saturated carbocycles. The molecule has 6 heteroatoms. The summed E-state index contributed by atoms with van der Waals surface area (Å²) in [6.45, 7) is 5.22. The Morgan fingerprint density at radius 1 is 1.67 bits per heavy atom. The van der Waals surface area contributed by atoms with E-state index >= 15 is 0 Å². The van der Waals surface area contributed by atoms with Crippen LogP contribution in [-0.2, 0) is 4.74 Å². The van der Waals surface area contributed by atoms with Crippen LogP contribution in [0.25, 0.3) is 0 Å². The number of nitriles is 1. The molecule has 6 nitrogen and oxygen atoms in total. The third-order valence-electron chi connectivity index (χ3n) is 1.23. The molecule has 0 unspecified atom stereocenters. The highest BCUT2D eigenvalue weighted by Gasteiger charge is 2.17. The van der Waals surface area contributed by atoms with E-state index in [1.165, 1.54) is 0 Å². The Kier molecular flexibility index (Phi) is 2.95. The summed E-state index contributed by atoms with van der Waals surface area (Å²) >= 11 is 0. The number of anilines is 1. The number of amides is 1. The second-order valence-electron chi connectivity index (χ2n) is 3.78. The standard InChI is InChI=1S/C9H11N3O3/c1-9(2,3)15-8(13)12-7-11-6(4-10)5-14-7/h5H,1-3H3,(H,11,12,13). The van der Waals surface area contributed by atoms with Crippen molar-refractivity contribution in [2.45, 2.75) is 26.4 Å². The second kappa shape index (κ2) is 4.00. The van der Waals surface area contributed by atoms with Crippen LogP contribution in [0.2, 0.25) is 0 Å². The highest BCUT2D eigenvalue weighted by Crippen LogP contribution is 2.11. The maximum absolute atomic E-state index is 11.2. The molecule has 1 aromatic rings. The normalized spacial score (nSPS) is 10.5. The fraction of sp³-hybridized carbons (Fsp3) is 0.444. The minimum atomic E-state index is -0.672. The van der Waals surface area contributed by atoms with Gasteiger partial charge in [0.25, 0.3) is 0 Å². The molecule has 0 aromatic carbocycles. The van der Waals surface area contributed by atoms with E-state index in [4.69, 9.17) is 14.4 Å². The zero-order chi connectivity index (χ0) is 11.5. The van der Waals surface area contributed by atoms with E-state index in [0.29, 0.717) is 0 Å². The van der Waals surface area contributed by atoms with Crippen molar-refractivity contribution in [2.24, 2.45) is 0 Å². The molecule has 0 bridgehead atoms. The molecule has 0 aliphatic carbocycles. The Bertz CT molecular complexity index is 397. The largest absolute Gasteiger partial charge is 0.443 e. The van der Waals surface area contributed by atoms with Crippen LogP contribution in [0.15, 0.2) is 10.7 Å². The average Bonchev–Trinajstić information content (AvgIpc) is 2.48. The number of carbonyl (C=O) groups excluding carboxylic acids is 1. The molecular weight excluding hydrogens is 198 g/mol. The lowest BCUT2D eigenvalue weighted by molar-refractivity contribution is 0.0632. The van der Waals surface area contributed by atoms with Gasteiger partial charge in [-0.25, -0.2) is 10.1 Å². The number of rotatable bonds is 1. The molecular formula is C9H11N3O3. The molecule has 0 saturated heterocycles. The van der Waals surface area contributed by atoms with Crippen molar-refractivity contribution in [1.29, 1.82) is 5.26 Å². The SMILES string of the molecule is CC(C)(C)OC(=O)Nc1nc(C#N)co1. The summed E-state index contributed by atoms with van der Waals surface area (Å²) in [5.74, 6) is 0. The van der Waals surface area contributed by atoms with Crippen LogP contribution in [0.5, 0.6) is 0 Å². The molecule has 0 aliphatic rings. The average molecular weight is 209 g/mol. The van der Waals surface area contributed by atoms with Crippen LogP contribution in [0.3, 0.4) is 0 Å². The molecule has 1 amide bonds. The molecule has 80 valence electrons. The van der Waals surface area contributed by atoms with Crippen molar-refractivity contribution in [3.63, 3.8) is 0 Å². The monoisotopic (exact) mass is 209 g/mol. The number of hydrogen-bond donors (Lipinski definition) is 1. The zero-order valence-electron chi connectivity index (χ0n) is 8.70. The first-order valence-corrected chi connectivity index (χ1v) is 4.26. The van der Waals surface area contributed by atoms with E-state index < -0.39 is 11.7 Å². The van der Waals surface area contributed by atoms with Gasteiger partial charge in [-0.2, -0.15) is 10.2 Å². The molecule has 0 atom stereocenters. The van der Waals surface area contributed by atoms with Crippen LogP contribution in [0.4, 0.5) is 10.8 Å². The maximum Gasteiger partial charge on any atom is 0.415 e. The molecule has 1 N–H and O–H groups in total. The van der Waals surface area contributed by atoms with Crippen molar-refractivity contribution < 1.29 is 13.9 Å². The van der Waals surface area contributed by atoms with E-state index in [9.17, 15) is 4.79 Å². The number of aromatic nitrogens is 1. The molecule has 0 spiro atoms. The van der Waals surface area contributed by atoms with E-state index in [-0.39, 0.29) is 11.7 Å². The van der Waals surface area contributed by atoms with E-state index in [2.05, 4.69) is 10.3 Å². The number of nitrogens with zero attached hydrogens (tertiary/aromatic N) is 2. The van der Waals surface area contributed by atoms with Crippen LogP contribution in [-0.4, -0.2) is 16.7 Å². The number of ether oxygens (including phenoxy) is 1. The summed E-state index contributed by atoms with van der Waals surface area (Å²) in [6.07, 6.45) is 0.473.